The molecule has 0 saturated heterocycles. The van der Waals surface area contributed by atoms with Crippen LogP contribution in [0.25, 0.3) is 0 Å². The molecule has 0 heterocycles. The van der Waals surface area contributed by atoms with E-state index in [0.717, 1.165) is 29.9 Å². The molecule has 0 amide bonds. The van der Waals surface area contributed by atoms with Gasteiger partial charge in [0.1, 0.15) is 11.5 Å². The maximum Gasteiger partial charge on any atom is 0.165 e. The maximum atomic E-state index is 14.1. The third-order valence-corrected chi connectivity index (χ3v) is 7.72. The summed E-state index contributed by atoms with van der Waals surface area (Å²) in [7, 11) is -0.890. The third kappa shape index (κ3) is 6.01. The molecule has 0 aromatic heterocycles. The highest BCUT2D eigenvalue weighted by Gasteiger charge is 2.15. The van der Waals surface area contributed by atoms with Crippen LogP contribution in [-0.4, -0.2) is 24.9 Å². The van der Waals surface area contributed by atoms with Crippen LogP contribution in [0.5, 0.6) is 17.2 Å². The molecule has 4 heteroatoms. The van der Waals surface area contributed by atoms with Gasteiger partial charge in [0.2, 0.25) is 0 Å². The molecule has 0 unspecified atom stereocenters. The minimum absolute atomic E-state index is 0.284. The van der Waals surface area contributed by atoms with Crippen molar-refractivity contribution in [3.8, 4) is 17.2 Å². The fraction of sp³-hybridized carbons (Fsp3) is 0.280. The van der Waals surface area contributed by atoms with Gasteiger partial charge < -0.3 is 9.47 Å². The van der Waals surface area contributed by atoms with Crippen molar-refractivity contribution in [2.45, 2.75) is 24.7 Å². The summed E-state index contributed by atoms with van der Waals surface area (Å²) in [5, 5.41) is 0. The minimum Gasteiger partial charge on any atom is -0.494 e. The Morgan fingerprint density at radius 1 is 0.862 bits per heavy atom. The smallest absolute Gasteiger partial charge is 0.165 e. The number of hydrogen-bond acceptors (Lipinski definition) is 2. The molecule has 0 spiro atoms. The van der Waals surface area contributed by atoms with Gasteiger partial charge in [-0.15, -0.1) is 0 Å². The lowest BCUT2D eigenvalue weighted by Gasteiger charge is -2.32. The van der Waals surface area contributed by atoms with Crippen LogP contribution in [-0.2, 0) is 6.42 Å². The van der Waals surface area contributed by atoms with Gasteiger partial charge in [-0.2, -0.15) is 0 Å². The van der Waals surface area contributed by atoms with Crippen molar-refractivity contribution in [3.05, 3.63) is 84.2 Å². The Morgan fingerprint density at radius 2 is 1.59 bits per heavy atom. The van der Waals surface area contributed by atoms with E-state index in [1.807, 2.05) is 49.4 Å². The molecule has 0 atom stereocenters. The molecule has 29 heavy (non-hydrogen) atoms. The van der Waals surface area contributed by atoms with Crippen LogP contribution >= 0.6 is 10.0 Å². The molecule has 0 bridgehead atoms. The Balaban J connectivity index is 1.60. The van der Waals surface area contributed by atoms with Crippen LogP contribution in [0, 0.1) is 5.82 Å². The highest BCUT2D eigenvalue weighted by molar-refractivity contribution is 8.32. The van der Waals surface area contributed by atoms with E-state index < -0.39 is 10.0 Å². The van der Waals surface area contributed by atoms with Crippen molar-refractivity contribution in [1.82, 2.24) is 0 Å². The van der Waals surface area contributed by atoms with Gasteiger partial charge in [-0.3, -0.25) is 0 Å². The molecule has 0 N–H and O–H groups in total. The summed E-state index contributed by atoms with van der Waals surface area (Å²) in [6.45, 7) is 2.68. The van der Waals surface area contributed by atoms with Gasteiger partial charge in [-0.1, -0.05) is 24.3 Å². The Bertz CT molecular complexity index is 908. The topological polar surface area (TPSA) is 18.5 Å². The van der Waals surface area contributed by atoms with Crippen LogP contribution in [0.2, 0.25) is 0 Å². The lowest BCUT2D eigenvalue weighted by molar-refractivity contribution is 0.340. The van der Waals surface area contributed by atoms with E-state index in [1.54, 1.807) is 0 Å². The molecule has 0 fully saturated rings. The zero-order valence-corrected chi connectivity index (χ0v) is 18.2. The number of para-hydroxylation sites is 1. The van der Waals surface area contributed by atoms with Crippen LogP contribution in [0.15, 0.2) is 77.7 Å². The summed E-state index contributed by atoms with van der Waals surface area (Å²) in [6.07, 6.45) is 6.64. The fourth-order valence-corrected chi connectivity index (χ4v) is 5.20. The molecule has 0 aliphatic rings. The number of benzene rings is 3. The molecule has 2 nitrogen and oxygen atoms in total. The summed E-state index contributed by atoms with van der Waals surface area (Å²) >= 11 is 0. The predicted octanol–water partition coefficient (Wildman–Crippen LogP) is 7.07. The monoisotopic (exact) mass is 412 g/mol. The first-order valence-electron chi connectivity index (χ1n) is 9.93. The van der Waals surface area contributed by atoms with Crippen molar-refractivity contribution in [1.29, 1.82) is 0 Å². The standard InChI is InChI=1S/C25H29FO2S/c1-4-27-21-13-15-23(16-14-21)29(2,3)18-8-9-20-12-17-24(26)25(19-20)28-22-10-6-5-7-11-22/h5-7,10-17,19H,4,8-9,18H2,1-3H3. The van der Waals surface area contributed by atoms with Crippen molar-refractivity contribution in [2.24, 2.45) is 0 Å². The number of halogens is 1. The van der Waals surface area contributed by atoms with Crippen molar-refractivity contribution in [3.63, 3.8) is 0 Å². The van der Waals surface area contributed by atoms with E-state index in [1.165, 1.54) is 11.0 Å². The summed E-state index contributed by atoms with van der Waals surface area (Å²) in [6, 6.07) is 23.0. The average Bonchev–Trinajstić information content (AvgIpc) is 2.72. The van der Waals surface area contributed by atoms with Crippen LogP contribution in [0.1, 0.15) is 18.9 Å². The van der Waals surface area contributed by atoms with Crippen molar-refractivity contribution < 1.29 is 13.9 Å². The zero-order valence-electron chi connectivity index (χ0n) is 17.4. The molecule has 3 rings (SSSR count). The molecule has 0 saturated carbocycles. The predicted molar refractivity (Wildman–Crippen MR) is 121 cm³/mol. The lowest BCUT2D eigenvalue weighted by atomic mass is 10.1. The van der Waals surface area contributed by atoms with Crippen molar-refractivity contribution in [2.75, 3.05) is 24.9 Å². The van der Waals surface area contributed by atoms with E-state index in [0.29, 0.717) is 12.4 Å². The Kier molecular flexibility index (Phi) is 7.21. The van der Waals surface area contributed by atoms with Gasteiger partial charge in [0.05, 0.1) is 6.61 Å². The second kappa shape index (κ2) is 9.84. The van der Waals surface area contributed by atoms with E-state index >= 15 is 0 Å². The molecule has 154 valence electrons. The summed E-state index contributed by atoms with van der Waals surface area (Å²) in [4.78, 5) is 1.38. The number of rotatable bonds is 9. The minimum atomic E-state index is -0.890. The first-order chi connectivity index (χ1) is 14.0. The van der Waals surface area contributed by atoms with Gasteiger partial charge in [0.15, 0.2) is 11.6 Å². The van der Waals surface area contributed by atoms with E-state index in [9.17, 15) is 4.39 Å². The quantitative estimate of drug-likeness (QED) is 0.374. The number of aryl methyl sites for hydroxylation is 1. The Labute approximate surface area is 175 Å². The molecule has 3 aromatic rings. The first-order valence-corrected chi connectivity index (χ1v) is 12.5. The highest BCUT2D eigenvalue weighted by Crippen LogP contribution is 2.50. The normalized spacial score (nSPS) is 11.9. The number of hydrogen-bond donors (Lipinski definition) is 0. The van der Waals surface area contributed by atoms with Gasteiger partial charge >= 0.3 is 0 Å². The summed E-state index contributed by atoms with van der Waals surface area (Å²) in [5.74, 6) is 2.63. The van der Waals surface area contributed by atoms with E-state index in [4.69, 9.17) is 9.47 Å². The van der Waals surface area contributed by atoms with E-state index in [-0.39, 0.29) is 11.6 Å². The van der Waals surface area contributed by atoms with Crippen LogP contribution in [0.4, 0.5) is 4.39 Å². The molecule has 0 aliphatic carbocycles. The average molecular weight is 413 g/mol. The molecular weight excluding hydrogens is 383 g/mol. The van der Waals surface area contributed by atoms with Gasteiger partial charge in [-0.05, 0) is 97.0 Å². The maximum absolute atomic E-state index is 14.1. The fourth-order valence-electron chi connectivity index (χ4n) is 3.22. The third-order valence-electron chi connectivity index (χ3n) is 4.86. The van der Waals surface area contributed by atoms with Crippen molar-refractivity contribution >= 4 is 10.0 Å². The largest absolute Gasteiger partial charge is 0.494 e. The van der Waals surface area contributed by atoms with Gasteiger partial charge in [0, 0.05) is 0 Å². The summed E-state index contributed by atoms with van der Waals surface area (Å²) in [5.41, 5.74) is 1.10. The Hall–Kier alpha value is -2.46. The lowest BCUT2D eigenvalue weighted by Crippen LogP contribution is -2.04. The van der Waals surface area contributed by atoms with Crippen LogP contribution in [0.3, 0.4) is 0 Å². The SMILES string of the molecule is CCOc1ccc(S(C)(C)CCCc2ccc(F)c(Oc3ccccc3)c2)cc1. The number of ether oxygens (including phenoxy) is 2. The van der Waals surface area contributed by atoms with E-state index in [2.05, 4.69) is 36.8 Å². The van der Waals surface area contributed by atoms with Gasteiger partial charge in [0.25, 0.3) is 0 Å². The molecular formula is C25H29FO2S. The summed E-state index contributed by atoms with van der Waals surface area (Å²) < 4.78 is 25.4. The second-order valence-electron chi connectivity index (χ2n) is 7.43. The zero-order chi connectivity index (χ0) is 20.7. The Morgan fingerprint density at radius 3 is 2.28 bits per heavy atom. The molecule has 3 aromatic carbocycles. The highest BCUT2D eigenvalue weighted by atomic mass is 32.3. The second-order valence-corrected chi connectivity index (χ2v) is 11.4. The molecule has 0 radical (unpaired) electrons. The van der Waals surface area contributed by atoms with Crippen LogP contribution < -0.4 is 9.47 Å². The molecule has 0 aliphatic heterocycles. The first kappa shape index (κ1) is 21.3. The van der Waals surface area contributed by atoms with Gasteiger partial charge in [-0.25, -0.2) is 14.4 Å².